The van der Waals surface area contributed by atoms with Crippen molar-refractivity contribution in [2.75, 3.05) is 49.2 Å². The molecule has 3 rings (SSSR count). The first kappa shape index (κ1) is 16.0. The van der Waals surface area contributed by atoms with E-state index in [1.165, 1.54) is 0 Å². The first-order chi connectivity index (χ1) is 11.1. The molecule has 1 aromatic heterocycles. The fraction of sp³-hybridized carbons (Fsp3) is 0.647. The second-order valence-electron chi connectivity index (χ2n) is 6.36. The third-order valence-electron chi connectivity index (χ3n) is 4.40. The van der Waals surface area contributed by atoms with Gasteiger partial charge in [-0.25, -0.2) is 4.98 Å². The molecule has 2 saturated heterocycles. The van der Waals surface area contributed by atoms with Gasteiger partial charge in [0, 0.05) is 26.2 Å². The van der Waals surface area contributed by atoms with E-state index in [1.54, 1.807) is 0 Å². The molecule has 6 heteroatoms. The van der Waals surface area contributed by atoms with Crippen LogP contribution in [0.3, 0.4) is 0 Å². The van der Waals surface area contributed by atoms with Gasteiger partial charge in [0.05, 0.1) is 31.0 Å². The number of nitriles is 1. The molecule has 2 aliphatic rings. The maximum Gasteiger partial charge on any atom is 0.149 e. The third-order valence-corrected chi connectivity index (χ3v) is 4.40. The Bertz CT molecular complexity index is 613. The Hall–Kier alpha value is -1.84. The van der Waals surface area contributed by atoms with E-state index in [-0.39, 0.29) is 12.2 Å². The molecule has 0 aromatic carbocycles. The number of aromatic nitrogens is 1. The number of hydrogen-bond acceptors (Lipinski definition) is 6. The van der Waals surface area contributed by atoms with Crippen LogP contribution in [0.2, 0.25) is 0 Å². The zero-order valence-corrected chi connectivity index (χ0v) is 14.1. The van der Waals surface area contributed by atoms with Gasteiger partial charge in [-0.1, -0.05) is 0 Å². The molecule has 0 unspecified atom stereocenters. The Morgan fingerprint density at radius 2 is 1.74 bits per heavy atom. The summed E-state index contributed by atoms with van der Waals surface area (Å²) in [7, 11) is 0. The maximum atomic E-state index is 9.56. The highest BCUT2D eigenvalue weighted by atomic mass is 16.5. The second kappa shape index (κ2) is 6.73. The van der Waals surface area contributed by atoms with Crippen molar-refractivity contribution < 1.29 is 9.47 Å². The zero-order valence-electron chi connectivity index (χ0n) is 14.1. The number of morpholine rings is 2. The Balaban J connectivity index is 1.95. The number of anilines is 2. The number of hydrogen-bond donors (Lipinski definition) is 0. The van der Waals surface area contributed by atoms with E-state index in [4.69, 9.17) is 14.5 Å². The van der Waals surface area contributed by atoms with Gasteiger partial charge in [-0.15, -0.1) is 0 Å². The molecular weight excluding hydrogens is 292 g/mol. The predicted octanol–water partition coefficient (Wildman–Crippen LogP) is 1.71. The third kappa shape index (κ3) is 3.41. The molecule has 0 saturated carbocycles. The molecule has 0 radical (unpaired) electrons. The first-order valence-corrected chi connectivity index (χ1v) is 8.23. The summed E-state index contributed by atoms with van der Waals surface area (Å²) >= 11 is 0. The van der Waals surface area contributed by atoms with Gasteiger partial charge < -0.3 is 19.3 Å². The van der Waals surface area contributed by atoms with Gasteiger partial charge in [0.25, 0.3) is 0 Å². The van der Waals surface area contributed by atoms with Gasteiger partial charge in [0.2, 0.25) is 0 Å². The molecule has 2 aliphatic heterocycles. The van der Waals surface area contributed by atoms with E-state index in [1.807, 2.05) is 13.0 Å². The highest BCUT2D eigenvalue weighted by Crippen LogP contribution is 2.28. The quantitative estimate of drug-likeness (QED) is 0.828. The van der Waals surface area contributed by atoms with Crippen LogP contribution in [0.15, 0.2) is 6.07 Å². The van der Waals surface area contributed by atoms with Gasteiger partial charge in [-0.05, 0) is 32.4 Å². The number of pyridine rings is 1. The number of ether oxygens (including phenoxy) is 2. The summed E-state index contributed by atoms with van der Waals surface area (Å²) in [5, 5.41) is 9.56. The lowest BCUT2D eigenvalue weighted by molar-refractivity contribution is 0.0524. The molecule has 0 N–H and O–H groups in total. The molecule has 124 valence electrons. The Morgan fingerprint density at radius 3 is 2.35 bits per heavy atom. The fourth-order valence-corrected chi connectivity index (χ4v) is 3.21. The van der Waals surface area contributed by atoms with E-state index in [2.05, 4.69) is 29.7 Å². The Labute approximate surface area is 137 Å². The maximum absolute atomic E-state index is 9.56. The van der Waals surface area contributed by atoms with E-state index in [9.17, 15) is 5.26 Å². The summed E-state index contributed by atoms with van der Waals surface area (Å²) in [6.45, 7) is 10.7. The molecule has 2 atom stereocenters. The highest BCUT2D eigenvalue weighted by molar-refractivity contribution is 5.63. The highest BCUT2D eigenvalue weighted by Gasteiger charge is 2.25. The van der Waals surface area contributed by atoms with Crippen molar-refractivity contribution >= 4 is 11.6 Å². The van der Waals surface area contributed by atoms with Crippen LogP contribution in [0.25, 0.3) is 0 Å². The van der Waals surface area contributed by atoms with Crippen LogP contribution in [0.1, 0.15) is 25.0 Å². The van der Waals surface area contributed by atoms with Crippen molar-refractivity contribution in [3.8, 4) is 6.07 Å². The van der Waals surface area contributed by atoms with Crippen LogP contribution in [-0.4, -0.2) is 56.6 Å². The molecular formula is C17H24N4O2. The van der Waals surface area contributed by atoms with E-state index >= 15 is 0 Å². The summed E-state index contributed by atoms with van der Waals surface area (Å²) in [6, 6.07) is 4.34. The van der Waals surface area contributed by atoms with Gasteiger partial charge >= 0.3 is 0 Å². The molecule has 0 spiro atoms. The smallest absolute Gasteiger partial charge is 0.149 e. The Morgan fingerprint density at radius 1 is 1.13 bits per heavy atom. The van der Waals surface area contributed by atoms with E-state index in [0.717, 1.165) is 43.4 Å². The van der Waals surface area contributed by atoms with E-state index in [0.29, 0.717) is 18.8 Å². The van der Waals surface area contributed by atoms with Crippen LogP contribution < -0.4 is 9.80 Å². The molecule has 23 heavy (non-hydrogen) atoms. The minimum Gasteiger partial charge on any atom is -0.375 e. The molecule has 0 amide bonds. The van der Waals surface area contributed by atoms with Crippen LogP contribution in [0, 0.1) is 18.3 Å². The molecule has 1 aromatic rings. The van der Waals surface area contributed by atoms with Crippen LogP contribution in [0.5, 0.6) is 0 Å². The van der Waals surface area contributed by atoms with Crippen molar-refractivity contribution in [3.05, 3.63) is 17.2 Å². The number of nitrogens with zero attached hydrogens (tertiary/aromatic N) is 4. The minimum absolute atomic E-state index is 0.157. The van der Waals surface area contributed by atoms with Crippen molar-refractivity contribution in [1.29, 1.82) is 5.26 Å². The fourth-order valence-electron chi connectivity index (χ4n) is 3.21. The summed E-state index contributed by atoms with van der Waals surface area (Å²) in [4.78, 5) is 9.26. The Kier molecular flexibility index (Phi) is 4.69. The summed E-state index contributed by atoms with van der Waals surface area (Å²) < 4.78 is 11.2. The van der Waals surface area contributed by atoms with E-state index < -0.39 is 0 Å². The molecule has 0 aliphatic carbocycles. The van der Waals surface area contributed by atoms with Gasteiger partial charge in [0.15, 0.2) is 0 Å². The van der Waals surface area contributed by atoms with Gasteiger partial charge in [0.1, 0.15) is 17.7 Å². The van der Waals surface area contributed by atoms with Crippen molar-refractivity contribution in [3.63, 3.8) is 0 Å². The van der Waals surface area contributed by atoms with Crippen molar-refractivity contribution in [2.24, 2.45) is 0 Å². The number of aryl methyl sites for hydroxylation is 1. The second-order valence-corrected chi connectivity index (χ2v) is 6.36. The van der Waals surface area contributed by atoms with Crippen LogP contribution in [0.4, 0.5) is 11.6 Å². The lowest BCUT2D eigenvalue weighted by Crippen LogP contribution is -2.43. The van der Waals surface area contributed by atoms with Crippen LogP contribution in [-0.2, 0) is 9.47 Å². The monoisotopic (exact) mass is 316 g/mol. The predicted molar refractivity (Wildman–Crippen MR) is 88.9 cm³/mol. The molecule has 0 bridgehead atoms. The first-order valence-electron chi connectivity index (χ1n) is 8.23. The lowest BCUT2D eigenvalue weighted by Gasteiger charge is -2.35. The summed E-state index contributed by atoms with van der Waals surface area (Å²) in [5.74, 6) is 1.72. The summed E-state index contributed by atoms with van der Waals surface area (Å²) in [5.41, 5.74) is 1.65. The van der Waals surface area contributed by atoms with Crippen molar-refractivity contribution in [1.82, 2.24) is 4.98 Å². The van der Waals surface area contributed by atoms with Crippen LogP contribution >= 0.6 is 0 Å². The lowest BCUT2D eigenvalue weighted by atomic mass is 10.1. The molecule has 3 heterocycles. The summed E-state index contributed by atoms with van der Waals surface area (Å²) in [6.07, 6.45) is 0.359. The topological polar surface area (TPSA) is 61.6 Å². The minimum atomic E-state index is 0.157. The average Bonchev–Trinajstić information content (AvgIpc) is 2.54. The molecule has 6 nitrogen and oxygen atoms in total. The number of rotatable bonds is 2. The zero-order chi connectivity index (χ0) is 16.4. The SMILES string of the molecule is Cc1cc(N2CCO[C@H](C)C2)nc(N2CCO[C@H](C)C2)c1C#N. The normalized spacial score (nSPS) is 25.3. The molecule has 2 fully saturated rings. The average molecular weight is 316 g/mol. The standard InChI is InChI=1S/C17H24N4O2/c1-12-8-16(20-4-6-22-13(2)10-20)19-17(15(12)9-18)21-5-7-23-14(3)11-21/h8,13-14H,4-7,10-11H2,1-3H3/t13-,14-/m1/s1. The van der Waals surface area contributed by atoms with Crippen molar-refractivity contribution in [2.45, 2.75) is 33.0 Å². The van der Waals surface area contributed by atoms with Gasteiger partial charge in [-0.3, -0.25) is 0 Å². The largest absolute Gasteiger partial charge is 0.375 e. The van der Waals surface area contributed by atoms with Gasteiger partial charge in [-0.2, -0.15) is 5.26 Å².